The maximum atomic E-state index is 10.9. The molecule has 5 nitrogen and oxygen atoms in total. The Hall–Kier alpha value is -2.82. The molecular formula is C16H16O5. The number of phenolic OH excluding ortho intramolecular Hbond substituents is 1. The normalized spacial score (nSPS) is 9.05. The Balaban J connectivity index is 0.000000211. The maximum absolute atomic E-state index is 10.9. The van der Waals surface area contributed by atoms with Gasteiger partial charge in [0.1, 0.15) is 11.3 Å². The fourth-order valence-electron chi connectivity index (χ4n) is 1.45. The minimum atomic E-state index is -0.525. The number of phenols is 1. The van der Waals surface area contributed by atoms with Crippen LogP contribution in [0.2, 0.25) is 0 Å². The van der Waals surface area contributed by atoms with Crippen LogP contribution in [0.5, 0.6) is 5.75 Å². The summed E-state index contributed by atoms with van der Waals surface area (Å²) in [6.07, 6.45) is 0. The number of esters is 2. The Morgan fingerprint density at radius 1 is 0.810 bits per heavy atom. The molecule has 110 valence electrons. The molecule has 0 amide bonds. The number of rotatable bonds is 2. The van der Waals surface area contributed by atoms with E-state index in [1.807, 2.05) is 6.07 Å². The maximum Gasteiger partial charge on any atom is 0.341 e. The Labute approximate surface area is 122 Å². The minimum Gasteiger partial charge on any atom is -0.507 e. The first kappa shape index (κ1) is 16.2. The molecule has 0 fully saturated rings. The Morgan fingerprint density at radius 3 is 1.86 bits per heavy atom. The van der Waals surface area contributed by atoms with Crippen molar-refractivity contribution in [2.75, 3.05) is 14.2 Å². The summed E-state index contributed by atoms with van der Waals surface area (Å²) < 4.78 is 8.92. The van der Waals surface area contributed by atoms with Crippen molar-refractivity contribution in [3.8, 4) is 5.75 Å². The van der Waals surface area contributed by atoms with Crippen LogP contribution in [-0.2, 0) is 9.47 Å². The van der Waals surface area contributed by atoms with Gasteiger partial charge in [-0.1, -0.05) is 30.3 Å². The third-order valence-corrected chi connectivity index (χ3v) is 2.50. The zero-order valence-electron chi connectivity index (χ0n) is 11.8. The first-order valence-electron chi connectivity index (χ1n) is 6.09. The number of para-hydroxylation sites is 1. The minimum absolute atomic E-state index is 0.0562. The van der Waals surface area contributed by atoms with Gasteiger partial charge in [0.05, 0.1) is 19.8 Å². The van der Waals surface area contributed by atoms with Crippen LogP contribution in [0.15, 0.2) is 54.6 Å². The molecule has 0 saturated carbocycles. The van der Waals surface area contributed by atoms with E-state index in [1.54, 1.807) is 36.4 Å². The number of methoxy groups -OCH3 is 2. The van der Waals surface area contributed by atoms with Gasteiger partial charge in [0.15, 0.2) is 0 Å². The number of benzene rings is 2. The fraction of sp³-hybridized carbons (Fsp3) is 0.125. The van der Waals surface area contributed by atoms with Gasteiger partial charge in [-0.05, 0) is 24.3 Å². The third kappa shape index (κ3) is 4.99. The summed E-state index contributed by atoms with van der Waals surface area (Å²) in [6, 6.07) is 15.1. The van der Waals surface area contributed by atoms with Crippen LogP contribution in [-0.4, -0.2) is 31.3 Å². The van der Waals surface area contributed by atoms with Gasteiger partial charge in [-0.15, -0.1) is 0 Å². The lowest BCUT2D eigenvalue weighted by atomic mass is 10.2. The molecule has 0 spiro atoms. The van der Waals surface area contributed by atoms with Crippen LogP contribution in [0.3, 0.4) is 0 Å². The highest BCUT2D eigenvalue weighted by molar-refractivity contribution is 5.92. The Kier molecular flexibility index (Phi) is 6.47. The van der Waals surface area contributed by atoms with E-state index >= 15 is 0 Å². The van der Waals surface area contributed by atoms with Gasteiger partial charge >= 0.3 is 11.9 Å². The lowest BCUT2D eigenvalue weighted by molar-refractivity contribution is 0.0590. The van der Waals surface area contributed by atoms with Crippen molar-refractivity contribution in [1.29, 1.82) is 0 Å². The van der Waals surface area contributed by atoms with Gasteiger partial charge in [-0.3, -0.25) is 0 Å². The average Bonchev–Trinajstić information content (AvgIpc) is 2.55. The highest BCUT2D eigenvalue weighted by Crippen LogP contribution is 2.15. The van der Waals surface area contributed by atoms with Crippen molar-refractivity contribution in [3.63, 3.8) is 0 Å². The molecule has 2 aromatic rings. The summed E-state index contributed by atoms with van der Waals surface area (Å²) in [4.78, 5) is 21.6. The standard InChI is InChI=1S/C8H8O3.C8H8O2/c1-11-8(10)6-4-2-3-5-7(6)9;1-10-8(9)7-5-3-2-4-6-7/h2-5,9H,1H3;2-6H,1H3. The van der Waals surface area contributed by atoms with Gasteiger partial charge < -0.3 is 14.6 Å². The topological polar surface area (TPSA) is 72.8 Å². The Bertz CT molecular complexity index is 593. The van der Waals surface area contributed by atoms with E-state index in [-0.39, 0.29) is 17.3 Å². The summed E-state index contributed by atoms with van der Waals surface area (Å²) in [7, 11) is 2.64. The van der Waals surface area contributed by atoms with E-state index in [0.717, 1.165) is 0 Å². The molecule has 0 heterocycles. The number of hydrogen-bond donors (Lipinski definition) is 1. The van der Waals surface area contributed by atoms with Crippen molar-refractivity contribution in [3.05, 3.63) is 65.7 Å². The molecule has 2 aromatic carbocycles. The second-order valence-electron chi connectivity index (χ2n) is 3.87. The molecule has 0 atom stereocenters. The van der Waals surface area contributed by atoms with E-state index < -0.39 is 5.97 Å². The molecule has 2 rings (SSSR count). The van der Waals surface area contributed by atoms with E-state index in [1.165, 1.54) is 26.4 Å². The lowest BCUT2D eigenvalue weighted by Crippen LogP contribution is -2.00. The Morgan fingerprint density at radius 2 is 1.33 bits per heavy atom. The molecule has 0 aromatic heterocycles. The SMILES string of the molecule is COC(=O)c1ccccc1.COC(=O)c1ccccc1O. The second kappa shape index (κ2) is 8.37. The number of carbonyl (C=O) groups excluding carboxylic acids is 2. The van der Waals surface area contributed by atoms with Crippen LogP contribution in [0.4, 0.5) is 0 Å². The molecule has 0 unspecified atom stereocenters. The number of ether oxygens (including phenoxy) is 2. The van der Waals surface area contributed by atoms with Crippen molar-refractivity contribution in [2.24, 2.45) is 0 Å². The average molecular weight is 288 g/mol. The monoisotopic (exact) mass is 288 g/mol. The zero-order valence-corrected chi connectivity index (χ0v) is 11.8. The molecule has 5 heteroatoms. The highest BCUT2D eigenvalue weighted by atomic mass is 16.5. The van der Waals surface area contributed by atoms with Crippen molar-refractivity contribution >= 4 is 11.9 Å². The predicted molar refractivity (Wildman–Crippen MR) is 77.2 cm³/mol. The van der Waals surface area contributed by atoms with Gasteiger partial charge in [-0.2, -0.15) is 0 Å². The van der Waals surface area contributed by atoms with Gasteiger partial charge in [0, 0.05) is 0 Å². The fourth-order valence-corrected chi connectivity index (χ4v) is 1.45. The summed E-state index contributed by atoms with van der Waals surface area (Å²) >= 11 is 0. The number of carbonyl (C=O) groups is 2. The third-order valence-electron chi connectivity index (χ3n) is 2.50. The first-order chi connectivity index (χ1) is 10.1. The second-order valence-corrected chi connectivity index (χ2v) is 3.87. The van der Waals surface area contributed by atoms with Crippen molar-refractivity contribution in [1.82, 2.24) is 0 Å². The highest BCUT2D eigenvalue weighted by Gasteiger charge is 2.08. The van der Waals surface area contributed by atoms with Crippen molar-refractivity contribution in [2.45, 2.75) is 0 Å². The number of aromatic hydroxyl groups is 1. The van der Waals surface area contributed by atoms with Gasteiger partial charge in [0.2, 0.25) is 0 Å². The van der Waals surface area contributed by atoms with E-state index in [2.05, 4.69) is 9.47 Å². The van der Waals surface area contributed by atoms with Crippen LogP contribution in [0.25, 0.3) is 0 Å². The van der Waals surface area contributed by atoms with Crippen LogP contribution in [0, 0.1) is 0 Å². The van der Waals surface area contributed by atoms with Crippen LogP contribution >= 0.6 is 0 Å². The quantitative estimate of drug-likeness (QED) is 0.860. The summed E-state index contributed by atoms with van der Waals surface area (Å²) in [5.74, 6) is -0.872. The summed E-state index contributed by atoms with van der Waals surface area (Å²) in [5, 5.41) is 9.11. The first-order valence-corrected chi connectivity index (χ1v) is 6.09. The molecule has 0 saturated heterocycles. The molecule has 21 heavy (non-hydrogen) atoms. The molecule has 0 aliphatic heterocycles. The van der Waals surface area contributed by atoms with Crippen LogP contribution < -0.4 is 0 Å². The van der Waals surface area contributed by atoms with Gasteiger partial charge in [0.25, 0.3) is 0 Å². The van der Waals surface area contributed by atoms with Crippen molar-refractivity contribution < 1.29 is 24.2 Å². The summed E-state index contributed by atoms with van der Waals surface area (Å²) in [5.41, 5.74) is 0.778. The molecule has 0 radical (unpaired) electrons. The molecular weight excluding hydrogens is 272 g/mol. The molecule has 1 N–H and O–H groups in total. The number of hydrogen-bond acceptors (Lipinski definition) is 5. The van der Waals surface area contributed by atoms with Crippen LogP contribution in [0.1, 0.15) is 20.7 Å². The summed E-state index contributed by atoms with van der Waals surface area (Å²) in [6.45, 7) is 0. The van der Waals surface area contributed by atoms with E-state index in [4.69, 9.17) is 5.11 Å². The predicted octanol–water partition coefficient (Wildman–Crippen LogP) is 2.65. The van der Waals surface area contributed by atoms with Gasteiger partial charge in [-0.25, -0.2) is 9.59 Å². The molecule has 0 aliphatic rings. The molecule has 0 bridgehead atoms. The van der Waals surface area contributed by atoms with E-state index in [0.29, 0.717) is 5.56 Å². The lowest BCUT2D eigenvalue weighted by Gasteiger charge is -1.99. The molecule has 0 aliphatic carbocycles. The zero-order chi connectivity index (χ0) is 15.7. The van der Waals surface area contributed by atoms with E-state index in [9.17, 15) is 9.59 Å². The smallest absolute Gasteiger partial charge is 0.341 e. The largest absolute Gasteiger partial charge is 0.507 e.